The van der Waals surface area contributed by atoms with Crippen LogP contribution in [0.25, 0.3) is 0 Å². The van der Waals surface area contributed by atoms with Crippen molar-refractivity contribution in [1.82, 2.24) is 10.3 Å². The molecule has 4 heteroatoms. The number of aromatic nitrogens is 1. The second kappa shape index (κ2) is 8.88. The molecule has 2 N–H and O–H groups in total. The van der Waals surface area contributed by atoms with Crippen LogP contribution in [0.15, 0.2) is 18.3 Å². The van der Waals surface area contributed by atoms with Gasteiger partial charge in [0.2, 0.25) is 0 Å². The average Bonchev–Trinajstić information content (AvgIpc) is 2.45. The van der Waals surface area contributed by atoms with Gasteiger partial charge >= 0.3 is 0 Å². The molecule has 0 fully saturated rings. The number of aliphatic hydroxyl groups is 1. The van der Waals surface area contributed by atoms with Crippen LogP contribution in [-0.4, -0.2) is 37.3 Å². The van der Waals surface area contributed by atoms with E-state index >= 15 is 0 Å². The molecule has 0 bridgehead atoms. The van der Waals surface area contributed by atoms with Gasteiger partial charge in [-0.15, -0.1) is 0 Å². The van der Waals surface area contributed by atoms with Crippen molar-refractivity contribution >= 4 is 5.69 Å². The maximum Gasteiger partial charge on any atom is 0.0574 e. The molecule has 1 aromatic rings. The number of anilines is 1. The minimum atomic E-state index is 0.294. The van der Waals surface area contributed by atoms with E-state index in [1.165, 1.54) is 0 Å². The zero-order chi connectivity index (χ0) is 14.1. The maximum atomic E-state index is 8.75. The maximum absolute atomic E-state index is 8.75. The summed E-state index contributed by atoms with van der Waals surface area (Å²) in [5.41, 5.74) is 2.25. The number of aliphatic hydroxyl groups excluding tert-OH is 1. The molecule has 1 aromatic heterocycles. The second-order valence-corrected chi connectivity index (χ2v) is 4.90. The Kier molecular flexibility index (Phi) is 7.45. The van der Waals surface area contributed by atoms with E-state index < -0.39 is 0 Å². The zero-order valence-corrected chi connectivity index (χ0v) is 12.4. The highest BCUT2D eigenvalue weighted by molar-refractivity contribution is 5.43. The average molecular weight is 265 g/mol. The monoisotopic (exact) mass is 265 g/mol. The number of nitrogens with one attached hydrogen (secondary N) is 1. The predicted molar refractivity (Wildman–Crippen MR) is 80.5 cm³/mol. The number of nitrogens with zero attached hydrogens (tertiary/aromatic N) is 2. The van der Waals surface area contributed by atoms with Gasteiger partial charge in [0.25, 0.3) is 0 Å². The van der Waals surface area contributed by atoms with E-state index in [0.717, 1.165) is 43.6 Å². The van der Waals surface area contributed by atoms with Crippen LogP contribution in [-0.2, 0) is 0 Å². The summed E-state index contributed by atoms with van der Waals surface area (Å²) < 4.78 is 0. The van der Waals surface area contributed by atoms with Crippen molar-refractivity contribution in [3.63, 3.8) is 0 Å². The lowest BCUT2D eigenvalue weighted by atomic mass is 10.1. The number of unbranched alkanes of at least 4 members (excludes halogenated alkanes) is 2. The molecule has 0 aliphatic heterocycles. The smallest absolute Gasteiger partial charge is 0.0574 e. The highest BCUT2D eigenvalue weighted by Gasteiger charge is 2.08. The lowest BCUT2D eigenvalue weighted by molar-refractivity contribution is 0.283. The van der Waals surface area contributed by atoms with Crippen molar-refractivity contribution in [2.24, 2.45) is 0 Å². The molecule has 1 atom stereocenters. The van der Waals surface area contributed by atoms with Gasteiger partial charge in [-0.1, -0.05) is 6.92 Å². The Hall–Kier alpha value is -1.13. The molecule has 0 saturated carbocycles. The SMILES string of the molecule is CCC(NC)c1ccc(N(C)CCCCCO)cn1. The van der Waals surface area contributed by atoms with E-state index in [4.69, 9.17) is 5.11 Å². The largest absolute Gasteiger partial charge is 0.396 e. The molecule has 1 unspecified atom stereocenters. The molecule has 1 heterocycles. The van der Waals surface area contributed by atoms with Crippen molar-refractivity contribution in [2.75, 3.05) is 32.1 Å². The summed E-state index contributed by atoms with van der Waals surface area (Å²) in [6.45, 7) is 3.46. The van der Waals surface area contributed by atoms with E-state index in [9.17, 15) is 0 Å². The second-order valence-electron chi connectivity index (χ2n) is 4.90. The molecule has 1 rings (SSSR count). The highest BCUT2D eigenvalue weighted by Crippen LogP contribution is 2.17. The Bertz CT molecular complexity index is 336. The fraction of sp³-hybridized carbons (Fsp3) is 0.667. The fourth-order valence-corrected chi connectivity index (χ4v) is 2.16. The first-order valence-electron chi connectivity index (χ1n) is 7.18. The zero-order valence-electron chi connectivity index (χ0n) is 12.4. The van der Waals surface area contributed by atoms with Gasteiger partial charge in [-0.25, -0.2) is 0 Å². The summed E-state index contributed by atoms with van der Waals surface area (Å²) in [5, 5.41) is 12.0. The Balaban J connectivity index is 2.50. The van der Waals surface area contributed by atoms with Crippen LogP contribution in [0.2, 0.25) is 0 Å². The van der Waals surface area contributed by atoms with Crippen LogP contribution < -0.4 is 10.2 Å². The molecule has 0 aliphatic carbocycles. The standard InChI is InChI=1S/C15H27N3O/c1-4-14(16-2)15-9-8-13(12-17-15)18(3)10-6-5-7-11-19/h8-9,12,14,16,19H,4-7,10-11H2,1-3H3. The Labute approximate surface area is 116 Å². The Morgan fingerprint density at radius 2 is 2.11 bits per heavy atom. The van der Waals surface area contributed by atoms with Gasteiger partial charge in [0, 0.05) is 26.2 Å². The third kappa shape index (κ3) is 5.17. The predicted octanol–water partition coefficient (Wildman–Crippen LogP) is 2.35. The molecular formula is C15H27N3O. The molecule has 0 saturated heterocycles. The van der Waals surface area contributed by atoms with Gasteiger partial charge in [0.05, 0.1) is 17.6 Å². The molecule has 0 radical (unpaired) electrons. The number of hydrogen-bond donors (Lipinski definition) is 2. The molecular weight excluding hydrogens is 238 g/mol. The highest BCUT2D eigenvalue weighted by atomic mass is 16.2. The molecule has 19 heavy (non-hydrogen) atoms. The lowest BCUT2D eigenvalue weighted by Gasteiger charge is -2.20. The van der Waals surface area contributed by atoms with E-state index in [-0.39, 0.29) is 0 Å². The topological polar surface area (TPSA) is 48.4 Å². The third-order valence-electron chi connectivity index (χ3n) is 3.48. The normalized spacial score (nSPS) is 12.4. The summed E-state index contributed by atoms with van der Waals surface area (Å²) in [7, 11) is 4.06. The summed E-state index contributed by atoms with van der Waals surface area (Å²) >= 11 is 0. The minimum Gasteiger partial charge on any atom is -0.396 e. The van der Waals surface area contributed by atoms with Crippen molar-refractivity contribution in [3.8, 4) is 0 Å². The van der Waals surface area contributed by atoms with Crippen LogP contribution >= 0.6 is 0 Å². The first kappa shape index (κ1) is 15.9. The van der Waals surface area contributed by atoms with E-state index in [2.05, 4.69) is 41.3 Å². The van der Waals surface area contributed by atoms with Crippen LogP contribution in [0.1, 0.15) is 44.3 Å². The molecule has 4 nitrogen and oxygen atoms in total. The van der Waals surface area contributed by atoms with Crippen molar-refractivity contribution in [1.29, 1.82) is 0 Å². The van der Waals surface area contributed by atoms with Gasteiger partial charge < -0.3 is 15.3 Å². The van der Waals surface area contributed by atoms with Gasteiger partial charge in [0.1, 0.15) is 0 Å². The summed E-state index contributed by atoms with van der Waals surface area (Å²) in [5.74, 6) is 0. The summed E-state index contributed by atoms with van der Waals surface area (Å²) in [6.07, 6.45) is 6.06. The van der Waals surface area contributed by atoms with Gasteiger partial charge in [-0.3, -0.25) is 4.98 Å². The first-order chi connectivity index (χ1) is 9.22. The first-order valence-corrected chi connectivity index (χ1v) is 7.18. The van der Waals surface area contributed by atoms with Crippen molar-refractivity contribution in [3.05, 3.63) is 24.0 Å². The Morgan fingerprint density at radius 3 is 2.63 bits per heavy atom. The van der Waals surface area contributed by atoms with Gasteiger partial charge in [-0.05, 0) is 44.9 Å². The number of pyridine rings is 1. The molecule has 108 valence electrons. The quantitative estimate of drug-likeness (QED) is 0.673. The third-order valence-corrected chi connectivity index (χ3v) is 3.48. The van der Waals surface area contributed by atoms with Crippen LogP contribution in [0.4, 0.5) is 5.69 Å². The van der Waals surface area contributed by atoms with Crippen LogP contribution in [0.3, 0.4) is 0 Å². The van der Waals surface area contributed by atoms with Gasteiger partial charge in [0.15, 0.2) is 0 Å². The van der Waals surface area contributed by atoms with Crippen LogP contribution in [0, 0.1) is 0 Å². The summed E-state index contributed by atoms with van der Waals surface area (Å²) in [6, 6.07) is 4.57. The van der Waals surface area contributed by atoms with Crippen LogP contribution in [0.5, 0.6) is 0 Å². The van der Waals surface area contributed by atoms with Crippen molar-refractivity contribution in [2.45, 2.75) is 38.6 Å². The number of hydrogen-bond acceptors (Lipinski definition) is 4. The van der Waals surface area contributed by atoms with Gasteiger partial charge in [-0.2, -0.15) is 0 Å². The number of rotatable bonds is 9. The van der Waals surface area contributed by atoms with E-state index in [1.54, 1.807) is 0 Å². The van der Waals surface area contributed by atoms with E-state index in [0.29, 0.717) is 12.6 Å². The molecule has 0 spiro atoms. The van der Waals surface area contributed by atoms with E-state index in [1.807, 2.05) is 13.2 Å². The lowest BCUT2D eigenvalue weighted by Crippen LogP contribution is -2.20. The fourth-order valence-electron chi connectivity index (χ4n) is 2.16. The molecule has 0 aromatic carbocycles. The molecule has 0 aliphatic rings. The Morgan fingerprint density at radius 1 is 1.32 bits per heavy atom. The minimum absolute atomic E-state index is 0.294. The van der Waals surface area contributed by atoms with Crippen molar-refractivity contribution < 1.29 is 5.11 Å². The summed E-state index contributed by atoms with van der Waals surface area (Å²) in [4.78, 5) is 6.76. The molecule has 0 amide bonds.